The maximum Gasteiger partial charge on any atom is 0.472 e. The van der Waals surface area contributed by atoms with E-state index < -0.39 is 19.0 Å². The average Bonchev–Trinajstić information content (AvgIpc) is 2.42. The molecule has 0 fully saturated rings. The monoisotopic (exact) mass is 346 g/mol. The molecule has 0 aliphatic rings. The summed E-state index contributed by atoms with van der Waals surface area (Å²) in [6.07, 6.45) is -0.0107. The Labute approximate surface area is 143 Å². The van der Waals surface area contributed by atoms with Crippen molar-refractivity contribution < 1.29 is 28.0 Å². The summed E-state index contributed by atoms with van der Waals surface area (Å²) in [7, 11) is 6.96. The van der Waals surface area contributed by atoms with Crippen molar-refractivity contribution >= 4 is 23.5 Å². The lowest BCUT2D eigenvalue weighted by Gasteiger charge is -2.34. The van der Waals surface area contributed by atoms with Gasteiger partial charge >= 0.3 is 7.82 Å². The Morgan fingerprint density at radius 1 is 1.00 bits per heavy atom. The minimum absolute atomic E-state index is 0.00425. The average molecular weight is 346 g/mol. The summed E-state index contributed by atoms with van der Waals surface area (Å²) in [5.41, 5.74) is -2.02. The number of phosphoric acid groups is 1. The summed E-state index contributed by atoms with van der Waals surface area (Å²) in [5.74, 6) is 0. The molecular weight excluding hydrogens is 317 g/mol. The van der Waals surface area contributed by atoms with E-state index in [-0.39, 0.29) is 38.1 Å². The van der Waals surface area contributed by atoms with E-state index >= 15 is 0 Å². The molecule has 23 heavy (non-hydrogen) atoms. The van der Waals surface area contributed by atoms with Crippen LogP contribution in [-0.4, -0.2) is 57.2 Å². The number of ether oxygens (including phenoxy) is 2. The molecule has 0 bridgehead atoms. The van der Waals surface area contributed by atoms with Gasteiger partial charge in [0, 0.05) is 0 Å². The molecule has 0 aromatic rings. The van der Waals surface area contributed by atoms with Crippen molar-refractivity contribution in [1.29, 1.82) is 0 Å². The molecule has 132 valence electrons. The summed E-state index contributed by atoms with van der Waals surface area (Å²) in [6.45, 7) is 10.6. The van der Waals surface area contributed by atoms with Gasteiger partial charge in [-0.1, -0.05) is 12.6 Å². The second-order valence-corrected chi connectivity index (χ2v) is 8.05. The summed E-state index contributed by atoms with van der Waals surface area (Å²) in [6, 6.07) is 0. The van der Waals surface area contributed by atoms with Gasteiger partial charge in [-0.3, -0.25) is 9.05 Å². The zero-order valence-corrected chi connectivity index (χ0v) is 16.0. The number of rotatable bonds is 12. The van der Waals surface area contributed by atoms with Gasteiger partial charge in [0.1, 0.15) is 0 Å². The van der Waals surface area contributed by atoms with Crippen LogP contribution in [0.2, 0.25) is 12.6 Å². The first-order valence-corrected chi connectivity index (χ1v) is 9.24. The maximum atomic E-state index is 12.2. The van der Waals surface area contributed by atoms with Crippen LogP contribution in [0.25, 0.3) is 0 Å². The maximum absolute atomic E-state index is 12.2. The molecule has 0 saturated heterocycles. The molecular formula is C14H29B2O6P. The molecule has 0 amide bonds. The molecule has 0 aliphatic carbocycles. The minimum atomic E-state index is -4.34. The predicted molar refractivity (Wildman–Crippen MR) is 92.1 cm³/mol. The van der Waals surface area contributed by atoms with Crippen LogP contribution in [0.15, 0.2) is 0 Å². The summed E-state index contributed by atoms with van der Waals surface area (Å²) < 4.78 is 33.5. The highest BCUT2D eigenvalue weighted by Gasteiger charge is 2.37. The molecule has 6 nitrogen and oxygen atoms in total. The van der Waals surface area contributed by atoms with Gasteiger partial charge in [0.2, 0.25) is 0 Å². The van der Waals surface area contributed by atoms with E-state index in [4.69, 9.17) is 34.2 Å². The van der Waals surface area contributed by atoms with E-state index in [2.05, 4.69) is 0 Å². The van der Waals surface area contributed by atoms with Gasteiger partial charge in [-0.25, -0.2) is 4.57 Å². The van der Waals surface area contributed by atoms with Crippen LogP contribution in [0.4, 0.5) is 0 Å². The zero-order chi connectivity index (χ0) is 18.3. The molecule has 3 atom stereocenters. The number of hydrogen-bond acceptors (Lipinski definition) is 5. The Bertz CT molecular complexity index is 395. The van der Waals surface area contributed by atoms with Crippen molar-refractivity contribution in [2.75, 3.05) is 13.2 Å². The molecule has 0 aromatic carbocycles. The van der Waals surface area contributed by atoms with E-state index in [0.29, 0.717) is 0 Å². The van der Waals surface area contributed by atoms with Crippen LogP contribution in [0.5, 0.6) is 0 Å². The van der Waals surface area contributed by atoms with Crippen molar-refractivity contribution in [3.05, 3.63) is 0 Å². The topological polar surface area (TPSA) is 74.2 Å². The van der Waals surface area contributed by atoms with Gasteiger partial charge in [-0.2, -0.15) is 0 Å². The van der Waals surface area contributed by atoms with Gasteiger partial charge < -0.3 is 14.4 Å². The summed E-state index contributed by atoms with van der Waals surface area (Å²) in [5, 5.41) is 0. The second-order valence-electron chi connectivity index (χ2n) is 6.67. The van der Waals surface area contributed by atoms with Crippen LogP contribution in [0.1, 0.15) is 41.5 Å². The Balaban J connectivity index is 4.75. The first-order chi connectivity index (χ1) is 10.4. The van der Waals surface area contributed by atoms with E-state index in [1.807, 2.05) is 27.7 Å². The standard InChI is InChI=1S/C14H29B2O6P/c1-11(2)19-9-14(6,8-16)22-23(17,18)20-10-13(5,7-15)21-12(3)4/h11-12H,7-10H2,1-6H3,(H,17,18)/t13-,14-/m1/s1. The minimum Gasteiger partial charge on any atom is -0.376 e. The first-order valence-electron chi connectivity index (χ1n) is 7.74. The third kappa shape index (κ3) is 9.90. The fourth-order valence-corrected chi connectivity index (χ4v) is 2.87. The van der Waals surface area contributed by atoms with E-state index in [1.165, 1.54) is 0 Å². The highest BCUT2D eigenvalue weighted by Crippen LogP contribution is 2.49. The fourth-order valence-electron chi connectivity index (χ4n) is 1.70. The Morgan fingerprint density at radius 3 is 1.91 bits per heavy atom. The van der Waals surface area contributed by atoms with Crippen molar-refractivity contribution in [2.24, 2.45) is 0 Å². The van der Waals surface area contributed by atoms with Gasteiger partial charge in [-0.05, 0) is 41.5 Å². The molecule has 9 heteroatoms. The quantitative estimate of drug-likeness (QED) is 0.433. The van der Waals surface area contributed by atoms with Crippen LogP contribution in [0.3, 0.4) is 0 Å². The highest BCUT2D eigenvalue weighted by molar-refractivity contribution is 7.47. The Kier molecular flexibility index (Phi) is 9.66. The van der Waals surface area contributed by atoms with Gasteiger partial charge in [-0.15, -0.1) is 0 Å². The van der Waals surface area contributed by atoms with E-state index in [1.54, 1.807) is 13.8 Å². The van der Waals surface area contributed by atoms with Crippen LogP contribution in [0, 0.1) is 0 Å². The largest absolute Gasteiger partial charge is 0.472 e. The lowest BCUT2D eigenvalue weighted by atomic mass is 9.89. The third-order valence-electron chi connectivity index (χ3n) is 2.97. The van der Waals surface area contributed by atoms with Gasteiger partial charge in [0.25, 0.3) is 0 Å². The summed E-state index contributed by atoms with van der Waals surface area (Å²) >= 11 is 0. The lowest BCUT2D eigenvalue weighted by Crippen LogP contribution is -2.38. The molecule has 0 saturated carbocycles. The molecule has 4 radical (unpaired) electrons. The third-order valence-corrected chi connectivity index (χ3v) is 4.10. The molecule has 0 aromatic heterocycles. The highest BCUT2D eigenvalue weighted by atomic mass is 31.2. The molecule has 1 N–H and O–H groups in total. The Morgan fingerprint density at radius 2 is 1.52 bits per heavy atom. The summed E-state index contributed by atoms with van der Waals surface area (Å²) in [4.78, 5) is 9.94. The number of phosphoric ester groups is 1. The Hall–Kier alpha value is 0.160. The van der Waals surface area contributed by atoms with Crippen molar-refractivity contribution in [3.8, 4) is 0 Å². The van der Waals surface area contributed by atoms with Crippen LogP contribution >= 0.6 is 7.82 Å². The predicted octanol–water partition coefficient (Wildman–Crippen LogP) is 2.66. The SMILES string of the molecule is [B]C[C@](C)(COP(=O)(O)O[C@](C)(C[B])COC(C)C)OC(C)C. The second kappa shape index (κ2) is 9.59. The molecule has 0 rings (SSSR count). The normalized spacial score (nSPS) is 20.2. The van der Waals surface area contributed by atoms with Crippen LogP contribution in [-0.2, 0) is 23.1 Å². The number of hydrogen-bond donors (Lipinski definition) is 1. The molecule has 0 aliphatic heterocycles. The molecule has 0 heterocycles. The van der Waals surface area contributed by atoms with Crippen LogP contribution < -0.4 is 0 Å². The van der Waals surface area contributed by atoms with Crippen molar-refractivity contribution in [2.45, 2.75) is 77.6 Å². The van der Waals surface area contributed by atoms with E-state index in [0.717, 1.165) is 0 Å². The lowest BCUT2D eigenvalue weighted by molar-refractivity contribution is -0.0910. The smallest absolute Gasteiger partial charge is 0.376 e. The first kappa shape index (κ1) is 23.2. The van der Waals surface area contributed by atoms with Crippen molar-refractivity contribution in [3.63, 3.8) is 0 Å². The van der Waals surface area contributed by atoms with E-state index in [9.17, 15) is 9.46 Å². The van der Waals surface area contributed by atoms with Gasteiger partial charge in [0.15, 0.2) is 0 Å². The zero-order valence-electron chi connectivity index (χ0n) is 15.1. The molecule has 1 unspecified atom stereocenters. The fraction of sp³-hybridized carbons (Fsp3) is 1.00. The van der Waals surface area contributed by atoms with Crippen molar-refractivity contribution in [1.82, 2.24) is 0 Å². The molecule has 0 spiro atoms. The van der Waals surface area contributed by atoms with Gasteiger partial charge in [0.05, 0.1) is 52.3 Å².